The van der Waals surface area contributed by atoms with Crippen molar-refractivity contribution in [3.63, 3.8) is 0 Å². The molecule has 0 fully saturated rings. The summed E-state index contributed by atoms with van der Waals surface area (Å²) in [6.07, 6.45) is 5.56. The Morgan fingerprint density at radius 3 is 2.61 bits per heavy atom. The Morgan fingerprint density at radius 2 is 1.94 bits per heavy atom. The third-order valence-electron chi connectivity index (χ3n) is 2.64. The zero-order valence-corrected chi connectivity index (χ0v) is 10.3. The van der Waals surface area contributed by atoms with Crippen LogP contribution in [0.15, 0.2) is 43.6 Å². The molecule has 0 aromatic carbocycles. The maximum atomic E-state index is 5.78. The first-order chi connectivity index (χ1) is 8.74. The van der Waals surface area contributed by atoms with Gasteiger partial charge in [-0.2, -0.15) is 0 Å². The Morgan fingerprint density at radius 1 is 1.22 bits per heavy atom. The highest BCUT2D eigenvalue weighted by molar-refractivity contribution is 5.47. The van der Waals surface area contributed by atoms with Crippen molar-refractivity contribution in [2.75, 3.05) is 18.8 Å². The highest BCUT2D eigenvalue weighted by atomic mass is 15.3. The van der Waals surface area contributed by atoms with E-state index in [1.807, 2.05) is 34.9 Å². The molecular weight excluding hydrogens is 226 g/mol. The quantitative estimate of drug-likeness (QED) is 0.781. The first kappa shape index (κ1) is 12.3. The van der Waals surface area contributed by atoms with Crippen molar-refractivity contribution >= 4 is 11.3 Å². The highest BCUT2D eigenvalue weighted by Crippen LogP contribution is 2.10. The topological polar surface area (TPSA) is 59.5 Å². The summed E-state index contributed by atoms with van der Waals surface area (Å²) in [5.74, 6) is 0.862. The summed E-state index contributed by atoms with van der Waals surface area (Å²) in [6.45, 7) is 9.74. The molecule has 2 aromatic rings. The molecule has 0 saturated carbocycles. The van der Waals surface area contributed by atoms with E-state index < -0.39 is 0 Å². The van der Waals surface area contributed by atoms with Crippen LogP contribution in [0.25, 0.3) is 5.65 Å². The molecule has 0 aliphatic carbocycles. The molecule has 0 saturated heterocycles. The number of aromatic nitrogens is 3. The number of hydrogen-bond donors (Lipinski definition) is 1. The first-order valence-electron chi connectivity index (χ1n) is 5.78. The molecule has 5 nitrogen and oxygen atoms in total. The van der Waals surface area contributed by atoms with E-state index in [0.29, 0.717) is 12.2 Å². The van der Waals surface area contributed by atoms with Crippen molar-refractivity contribution in [3.8, 4) is 0 Å². The Kier molecular flexibility index (Phi) is 3.74. The molecule has 2 rings (SSSR count). The van der Waals surface area contributed by atoms with Gasteiger partial charge in [0.2, 0.25) is 0 Å². The second-order valence-corrected chi connectivity index (χ2v) is 4.08. The number of anilines is 1. The first-order valence-corrected chi connectivity index (χ1v) is 5.78. The standard InChI is InChI=1S/C13H17N5/c1-3-7-17(8-4-2)10-13-16-15-12-6-5-11(14)9-18(12)13/h3-6,9H,1-2,7-8,10,14H2. The van der Waals surface area contributed by atoms with Crippen LogP contribution in [-0.4, -0.2) is 32.6 Å². The Bertz CT molecular complexity index is 548. The van der Waals surface area contributed by atoms with Gasteiger partial charge in [0.1, 0.15) is 0 Å². The smallest absolute Gasteiger partial charge is 0.160 e. The lowest BCUT2D eigenvalue weighted by Gasteiger charge is -2.17. The Balaban J connectivity index is 2.26. The van der Waals surface area contributed by atoms with Gasteiger partial charge in [-0.1, -0.05) is 12.2 Å². The summed E-state index contributed by atoms with van der Waals surface area (Å²) >= 11 is 0. The average Bonchev–Trinajstić information content (AvgIpc) is 2.73. The van der Waals surface area contributed by atoms with Crippen molar-refractivity contribution < 1.29 is 0 Å². The number of rotatable bonds is 6. The van der Waals surface area contributed by atoms with Crippen LogP contribution in [-0.2, 0) is 6.54 Å². The fourth-order valence-electron chi connectivity index (χ4n) is 1.83. The Hall–Kier alpha value is -2.14. The number of hydrogen-bond acceptors (Lipinski definition) is 4. The molecule has 2 aromatic heterocycles. The zero-order chi connectivity index (χ0) is 13.0. The molecule has 18 heavy (non-hydrogen) atoms. The summed E-state index contributed by atoms with van der Waals surface area (Å²) in [5.41, 5.74) is 7.28. The van der Waals surface area contributed by atoms with Crippen molar-refractivity contribution in [2.24, 2.45) is 0 Å². The van der Waals surface area contributed by atoms with E-state index >= 15 is 0 Å². The van der Waals surface area contributed by atoms with Gasteiger partial charge in [-0.15, -0.1) is 23.4 Å². The van der Waals surface area contributed by atoms with Gasteiger partial charge in [0.05, 0.1) is 6.54 Å². The molecule has 0 aliphatic heterocycles. The summed E-state index contributed by atoms with van der Waals surface area (Å²) < 4.78 is 1.91. The second kappa shape index (κ2) is 5.46. The lowest BCUT2D eigenvalue weighted by atomic mass is 10.4. The van der Waals surface area contributed by atoms with Gasteiger partial charge in [0.25, 0.3) is 0 Å². The number of nitrogens with two attached hydrogens (primary N) is 1. The second-order valence-electron chi connectivity index (χ2n) is 4.08. The van der Waals surface area contributed by atoms with Crippen LogP contribution in [0.1, 0.15) is 5.82 Å². The third kappa shape index (κ3) is 2.57. The predicted octanol–water partition coefficient (Wildman–Crippen LogP) is 1.49. The normalized spacial score (nSPS) is 10.9. The fraction of sp³-hybridized carbons (Fsp3) is 0.231. The number of nitrogens with zero attached hydrogens (tertiary/aromatic N) is 4. The van der Waals surface area contributed by atoms with E-state index in [1.54, 1.807) is 0 Å². The summed E-state index contributed by atoms with van der Waals surface area (Å²) in [4.78, 5) is 2.17. The van der Waals surface area contributed by atoms with E-state index in [1.165, 1.54) is 0 Å². The van der Waals surface area contributed by atoms with Crippen LogP contribution < -0.4 is 5.73 Å². The van der Waals surface area contributed by atoms with Crippen LogP contribution in [0.4, 0.5) is 5.69 Å². The van der Waals surface area contributed by atoms with Crippen molar-refractivity contribution in [1.82, 2.24) is 19.5 Å². The number of fused-ring (bicyclic) bond motifs is 1. The largest absolute Gasteiger partial charge is 0.398 e. The van der Waals surface area contributed by atoms with E-state index in [9.17, 15) is 0 Å². The molecule has 0 spiro atoms. The van der Waals surface area contributed by atoms with Gasteiger partial charge in [0, 0.05) is 25.0 Å². The minimum Gasteiger partial charge on any atom is -0.398 e. The van der Waals surface area contributed by atoms with Gasteiger partial charge in [-0.25, -0.2) is 0 Å². The van der Waals surface area contributed by atoms with Gasteiger partial charge < -0.3 is 5.73 Å². The molecular formula is C13H17N5. The summed E-state index contributed by atoms with van der Waals surface area (Å²) in [7, 11) is 0. The molecule has 94 valence electrons. The lowest BCUT2D eigenvalue weighted by Crippen LogP contribution is -2.24. The third-order valence-corrected chi connectivity index (χ3v) is 2.64. The van der Waals surface area contributed by atoms with Crippen LogP contribution in [0, 0.1) is 0 Å². The SMILES string of the molecule is C=CCN(CC=C)Cc1nnc2ccc(N)cn12. The van der Waals surface area contributed by atoms with Crippen LogP contribution in [0.2, 0.25) is 0 Å². The molecule has 5 heteroatoms. The van der Waals surface area contributed by atoms with Crippen LogP contribution >= 0.6 is 0 Å². The molecule has 0 aliphatic rings. The van der Waals surface area contributed by atoms with Gasteiger partial charge >= 0.3 is 0 Å². The number of nitrogen functional groups attached to an aromatic ring is 1. The average molecular weight is 243 g/mol. The van der Waals surface area contributed by atoms with E-state index in [-0.39, 0.29) is 0 Å². The minimum absolute atomic E-state index is 0.683. The Labute approximate surface area is 106 Å². The lowest BCUT2D eigenvalue weighted by molar-refractivity contribution is 0.317. The van der Waals surface area contributed by atoms with Crippen molar-refractivity contribution in [2.45, 2.75) is 6.54 Å². The molecule has 0 atom stereocenters. The molecule has 0 bridgehead atoms. The predicted molar refractivity (Wildman–Crippen MR) is 73.1 cm³/mol. The van der Waals surface area contributed by atoms with Crippen molar-refractivity contribution in [3.05, 3.63) is 49.5 Å². The van der Waals surface area contributed by atoms with Crippen LogP contribution in [0.3, 0.4) is 0 Å². The van der Waals surface area contributed by atoms with Gasteiger partial charge in [0.15, 0.2) is 11.5 Å². The van der Waals surface area contributed by atoms with Crippen molar-refractivity contribution in [1.29, 1.82) is 0 Å². The number of pyridine rings is 1. The van der Waals surface area contributed by atoms with Gasteiger partial charge in [-0.3, -0.25) is 9.30 Å². The minimum atomic E-state index is 0.683. The molecule has 0 radical (unpaired) electrons. The maximum absolute atomic E-state index is 5.78. The van der Waals surface area contributed by atoms with Gasteiger partial charge in [-0.05, 0) is 12.1 Å². The molecule has 0 unspecified atom stereocenters. The summed E-state index contributed by atoms with van der Waals surface area (Å²) in [6, 6.07) is 3.68. The zero-order valence-electron chi connectivity index (χ0n) is 10.3. The molecule has 2 heterocycles. The van der Waals surface area contributed by atoms with E-state index in [0.717, 1.165) is 24.6 Å². The summed E-state index contributed by atoms with van der Waals surface area (Å²) in [5, 5.41) is 8.30. The van der Waals surface area contributed by atoms with E-state index in [4.69, 9.17) is 5.73 Å². The molecule has 2 N–H and O–H groups in total. The van der Waals surface area contributed by atoms with E-state index in [2.05, 4.69) is 28.3 Å². The fourth-order valence-corrected chi connectivity index (χ4v) is 1.83. The maximum Gasteiger partial charge on any atom is 0.160 e. The highest BCUT2D eigenvalue weighted by Gasteiger charge is 2.09. The monoisotopic (exact) mass is 243 g/mol. The van der Waals surface area contributed by atoms with Crippen LogP contribution in [0.5, 0.6) is 0 Å². The molecule has 0 amide bonds.